The molecule has 0 spiro atoms. The molecular weight excluding hydrogens is 176 g/mol. The average Bonchev–Trinajstić information content (AvgIpc) is 2.71. The van der Waals surface area contributed by atoms with E-state index in [4.69, 9.17) is 0 Å². The number of aromatic nitrogens is 4. The Kier molecular flexibility index (Phi) is 2.26. The summed E-state index contributed by atoms with van der Waals surface area (Å²) in [5.74, 6) is 1.30. The lowest BCUT2D eigenvalue weighted by Crippen LogP contribution is -1.98. The monoisotopic (exact) mass is 188 g/mol. The maximum Gasteiger partial charge on any atom is 0.155 e. The third-order valence-electron chi connectivity index (χ3n) is 2.09. The molecule has 0 atom stereocenters. The SMILES string of the molecule is CC(C)c1ccc(-n2cncn2)nc1. The van der Waals surface area contributed by atoms with Crippen molar-refractivity contribution in [2.75, 3.05) is 0 Å². The summed E-state index contributed by atoms with van der Waals surface area (Å²) in [6.45, 7) is 4.29. The Morgan fingerprint density at radius 2 is 2.14 bits per heavy atom. The summed E-state index contributed by atoms with van der Waals surface area (Å²) in [7, 11) is 0. The number of pyridine rings is 1. The highest BCUT2D eigenvalue weighted by atomic mass is 15.3. The second kappa shape index (κ2) is 3.57. The summed E-state index contributed by atoms with van der Waals surface area (Å²) in [6, 6.07) is 4.01. The molecule has 0 aliphatic rings. The van der Waals surface area contributed by atoms with Gasteiger partial charge in [-0.25, -0.2) is 14.6 Å². The van der Waals surface area contributed by atoms with Crippen molar-refractivity contribution in [3.05, 3.63) is 36.5 Å². The Hall–Kier alpha value is -1.71. The summed E-state index contributed by atoms with van der Waals surface area (Å²) in [4.78, 5) is 8.17. The molecule has 0 saturated heterocycles. The van der Waals surface area contributed by atoms with Gasteiger partial charge in [0.2, 0.25) is 0 Å². The number of nitrogens with zero attached hydrogens (tertiary/aromatic N) is 4. The van der Waals surface area contributed by atoms with E-state index >= 15 is 0 Å². The Morgan fingerprint density at radius 1 is 1.29 bits per heavy atom. The van der Waals surface area contributed by atoms with Crippen molar-refractivity contribution in [1.29, 1.82) is 0 Å². The predicted octanol–water partition coefficient (Wildman–Crippen LogP) is 1.79. The van der Waals surface area contributed by atoms with Crippen molar-refractivity contribution in [3.63, 3.8) is 0 Å². The second-order valence-corrected chi connectivity index (χ2v) is 3.44. The van der Waals surface area contributed by atoms with E-state index < -0.39 is 0 Å². The molecule has 0 aliphatic carbocycles. The highest BCUT2D eigenvalue weighted by molar-refractivity contribution is 5.25. The van der Waals surface area contributed by atoms with Crippen LogP contribution in [0.1, 0.15) is 25.3 Å². The van der Waals surface area contributed by atoms with Crippen LogP contribution in [0.3, 0.4) is 0 Å². The van der Waals surface area contributed by atoms with Gasteiger partial charge >= 0.3 is 0 Å². The molecule has 0 saturated carbocycles. The molecule has 0 N–H and O–H groups in total. The van der Waals surface area contributed by atoms with Gasteiger partial charge in [-0.05, 0) is 17.5 Å². The van der Waals surface area contributed by atoms with Gasteiger partial charge < -0.3 is 0 Å². The molecule has 0 fully saturated rings. The van der Waals surface area contributed by atoms with Crippen LogP contribution in [0.2, 0.25) is 0 Å². The quantitative estimate of drug-likeness (QED) is 0.721. The summed E-state index contributed by atoms with van der Waals surface area (Å²) < 4.78 is 1.64. The fraction of sp³-hybridized carbons (Fsp3) is 0.300. The molecule has 14 heavy (non-hydrogen) atoms. The Morgan fingerprint density at radius 3 is 2.64 bits per heavy atom. The molecule has 2 aromatic rings. The van der Waals surface area contributed by atoms with Crippen LogP contribution in [0.25, 0.3) is 5.82 Å². The molecule has 0 unspecified atom stereocenters. The summed E-state index contributed by atoms with van der Waals surface area (Å²) in [5, 5.41) is 4.00. The fourth-order valence-electron chi connectivity index (χ4n) is 1.20. The van der Waals surface area contributed by atoms with Crippen LogP contribution < -0.4 is 0 Å². The van der Waals surface area contributed by atoms with Crippen LogP contribution in [0, 0.1) is 0 Å². The molecule has 0 bridgehead atoms. The molecular formula is C10H12N4. The van der Waals surface area contributed by atoms with Crippen molar-refractivity contribution in [1.82, 2.24) is 19.7 Å². The van der Waals surface area contributed by atoms with Gasteiger partial charge in [0, 0.05) is 6.20 Å². The lowest BCUT2D eigenvalue weighted by molar-refractivity contribution is 0.821. The molecule has 72 valence electrons. The van der Waals surface area contributed by atoms with Gasteiger partial charge in [-0.1, -0.05) is 19.9 Å². The maximum absolute atomic E-state index is 4.30. The zero-order valence-corrected chi connectivity index (χ0v) is 8.25. The molecule has 4 nitrogen and oxygen atoms in total. The van der Waals surface area contributed by atoms with E-state index in [1.54, 1.807) is 11.0 Å². The van der Waals surface area contributed by atoms with E-state index in [9.17, 15) is 0 Å². The molecule has 0 aromatic carbocycles. The topological polar surface area (TPSA) is 43.6 Å². The highest BCUT2D eigenvalue weighted by Gasteiger charge is 2.01. The number of rotatable bonds is 2. The van der Waals surface area contributed by atoms with Gasteiger partial charge in [0.05, 0.1) is 0 Å². The third kappa shape index (κ3) is 1.64. The average molecular weight is 188 g/mol. The van der Waals surface area contributed by atoms with Crippen LogP contribution in [0.4, 0.5) is 0 Å². The summed E-state index contributed by atoms with van der Waals surface area (Å²) >= 11 is 0. The van der Waals surface area contributed by atoms with Crippen LogP contribution in [0.15, 0.2) is 31.0 Å². The Labute approximate surface area is 82.6 Å². The molecule has 0 amide bonds. The van der Waals surface area contributed by atoms with Crippen LogP contribution >= 0.6 is 0 Å². The number of hydrogen-bond acceptors (Lipinski definition) is 3. The van der Waals surface area contributed by atoms with Crippen molar-refractivity contribution in [2.24, 2.45) is 0 Å². The third-order valence-corrected chi connectivity index (χ3v) is 2.09. The van der Waals surface area contributed by atoms with Gasteiger partial charge in [0.1, 0.15) is 12.7 Å². The van der Waals surface area contributed by atoms with Gasteiger partial charge in [-0.3, -0.25) is 0 Å². The van der Waals surface area contributed by atoms with Crippen molar-refractivity contribution >= 4 is 0 Å². The molecule has 0 aliphatic heterocycles. The van der Waals surface area contributed by atoms with E-state index in [0.29, 0.717) is 5.92 Å². The van der Waals surface area contributed by atoms with E-state index in [1.165, 1.54) is 11.9 Å². The molecule has 2 aromatic heterocycles. The summed E-state index contributed by atoms with van der Waals surface area (Å²) in [5.41, 5.74) is 1.23. The van der Waals surface area contributed by atoms with Crippen molar-refractivity contribution in [2.45, 2.75) is 19.8 Å². The number of hydrogen-bond donors (Lipinski definition) is 0. The normalized spacial score (nSPS) is 10.8. The molecule has 0 radical (unpaired) electrons. The minimum absolute atomic E-state index is 0.507. The first kappa shape index (κ1) is 8.87. The van der Waals surface area contributed by atoms with E-state index in [2.05, 4.69) is 35.0 Å². The molecule has 2 rings (SSSR count). The second-order valence-electron chi connectivity index (χ2n) is 3.44. The van der Waals surface area contributed by atoms with Crippen LogP contribution in [-0.2, 0) is 0 Å². The minimum Gasteiger partial charge on any atom is -0.237 e. The predicted molar refractivity (Wildman–Crippen MR) is 53.2 cm³/mol. The Bertz CT molecular complexity index is 389. The van der Waals surface area contributed by atoms with E-state index in [1.807, 2.05) is 12.3 Å². The van der Waals surface area contributed by atoms with Gasteiger partial charge in [-0.15, -0.1) is 0 Å². The summed E-state index contributed by atoms with van der Waals surface area (Å²) in [6.07, 6.45) is 5.01. The van der Waals surface area contributed by atoms with Crippen LogP contribution in [0.5, 0.6) is 0 Å². The largest absolute Gasteiger partial charge is 0.237 e. The zero-order chi connectivity index (χ0) is 9.97. The fourth-order valence-corrected chi connectivity index (χ4v) is 1.20. The van der Waals surface area contributed by atoms with Crippen molar-refractivity contribution < 1.29 is 0 Å². The smallest absolute Gasteiger partial charge is 0.155 e. The maximum atomic E-state index is 4.30. The highest BCUT2D eigenvalue weighted by Crippen LogP contribution is 2.13. The zero-order valence-electron chi connectivity index (χ0n) is 8.25. The van der Waals surface area contributed by atoms with E-state index in [-0.39, 0.29) is 0 Å². The minimum atomic E-state index is 0.507. The van der Waals surface area contributed by atoms with Gasteiger partial charge in [0.15, 0.2) is 5.82 Å². The van der Waals surface area contributed by atoms with Gasteiger partial charge in [-0.2, -0.15) is 5.10 Å². The standard InChI is InChI=1S/C10H12N4/c1-8(2)9-3-4-10(12-5-9)14-7-11-6-13-14/h3-8H,1-2H3. The van der Waals surface area contributed by atoms with E-state index in [0.717, 1.165) is 5.82 Å². The first-order chi connectivity index (χ1) is 6.77. The van der Waals surface area contributed by atoms with Gasteiger partial charge in [0.25, 0.3) is 0 Å². The molecule has 2 heterocycles. The Balaban J connectivity index is 2.31. The van der Waals surface area contributed by atoms with Crippen LogP contribution in [-0.4, -0.2) is 19.7 Å². The lowest BCUT2D eigenvalue weighted by atomic mass is 10.1. The first-order valence-electron chi connectivity index (χ1n) is 4.58. The molecule has 4 heteroatoms. The first-order valence-corrected chi connectivity index (χ1v) is 4.58. The van der Waals surface area contributed by atoms with Crippen molar-refractivity contribution in [3.8, 4) is 5.82 Å². The lowest BCUT2D eigenvalue weighted by Gasteiger charge is -2.05.